The van der Waals surface area contributed by atoms with Crippen molar-refractivity contribution < 1.29 is 0 Å². The first-order valence-corrected chi connectivity index (χ1v) is 17.0. The molecular formula is C44H33NS. The van der Waals surface area contributed by atoms with E-state index in [1.807, 2.05) is 11.3 Å². The van der Waals surface area contributed by atoms with Gasteiger partial charge in [0.25, 0.3) is 0 Å². The maximum absolute atomic E-state index is 2.47. The molecule has 0 atom stereocenters. The van der Waals surface area contributed by atoms with Crippen LogP contribution in [0.25, 0.3) is 63.3 Å². The van der Waals surface area contributed by atoms with Gasteiger partial charge < -0.3 is 4.90 Å². The van der Waals surface area contributed by atoms with E-state index in [0.29, 0.717) is 5.92 Å². The van der Waals surface area contributed by atoms with Crippen LogP contribution in [-0.4, -0.2) is 0 Å². The summed E-state index contributed by atoms with van der Waals surface area (Å²) < 4.78 is 2.64. The lowest BCUT2D eigenvalue weighted by Gasteiger charge is -2.29. The topological polar surface area (TPSA) is 3.24 Å². The highest BCUT2D eigenvalue weighted by molar-refractivity contribution is 7.26. The summed E-state index contributed by atoms with van der Waals surface area (Å²) >= 11 is 1.91. The number of fused-ring (bicyclic) bond motifs is 11. The van der Waals surface area contributed by atoms with Crippen molar-refractivity contribution in [3.8, 4) is 0 Å². The minimum Gasteiger partial charge on any atom is -0.310 e. The first-order chi connectivity index (χ1) is 22.6. The molecule has 220 valence electrons. The second kappa shape index (κ2) is 10.4. The number of para-hydroxylation sites is 1. The molecule has 0 unspecified atom stereocenters. The van der Waals surface area contributed by atoms with Gasteiger partial charge >= 0.3 is 0 Å². The van der Waals surface area contributed by atoms with Gasteiger partial charge in [0.2, 0.25) is 0 Å². The maximum Gasteiger partial charge on any atom is 0.0554 e. The van der Waals surface area contributed by atoms with Crippen molar-refractivity contribution in [3.63, 3.8) is 0 Å². The van der Waals surface area contributed by atoms with E-state index in [-0.39, 0.29) is 0 Å². The Morgan fingerprint density at radius 3 is 1.63 bits per heavy atom. The Morgan fingerprint density at radius 1 is 0.457 bits per heavy atom. The fourth-order valence-corrected chi connectivity index (χ4v) is 8.61. The first kappa shape index (κ1) is 27.2. The van der Waals surface area contributed by atoms with Gasteiger partial charge in [-0.1, -0.05) is 117 Å². The normalized spacial score (nSPS) is 12.0. The molecule has 0 aliphatic rings. The Morgan fingerprint density at radius 2 is 1.00 bits per heavy atom. The summed E-state index contributed by atoms with van der Waals surface area (Å²) in [7, 11) is 0. The lowest BCUT2D eigenvalue weighted by atomic mass is 9.93. The molecule has 0 aliphatic heterocycles. The molecule has 0 saturated carbocycles. The molecule has 2 heteroatoms. The Balaban J connectivity index is 1.38. The van der Waals surface area contributed by atoms with Crippen LogP contribution in [0.15, 0.2) is 140 Å². The first-order valence-electron chi connectivity index (χ1n) is 16.1. The Bertz CT molecular complexity index is 2620. The molecule has 0 fully saturated rings. The highest BCUT2D eigenvalue weighted by Crippen LogP contribution is 2.48. The summed E-state index contributed by atoms with van der Waals surface area (Å²) in [6.07, 6.45) is 0. The molecule has 0 aliphatic carbocycles. The zero-order chi connectivity index (χ0) is 30.9. The number of hydrogen-bond donors (Lipinski definition) is 0. The number of nitrogens with zero attached hydrogens (tertiary/aromatic N) is 1. The standard InChI is InChI=1S/C44H33NS/c1-27(2)29-20-22-30(23-21-29)45(40-19-11-4-12-28(40)3)41-26-43-44(36-18-10-9-17-35(36)41)39-24-37-33-15-7-5-13-31(33)32-14-6-8-16-34(32)38(37)25-42(39)46-43/h4-27H,1-3H3. The van der Waals surface area contributed by atoms with Gasteiger partial charge in [-0.05, 0) is 98.1 Å². The number of aryl methyl sites for hydroxylation is 1. The highest BCUT2D eigenvalue weighted by Gasteiger charge is 2.21. The van der Waals surface area contributed by atoms with Crippen LogP contribution in [0.3, 0.4) is 0 Å². The summed E-state index contributed by atoms with van der Waals surface area (Å²) in [5.41, 5.74) is 6.19. The summed E-state index contributed by atoms with van der Waals surface area (Å²) in [5.74, 6) is 0.487. The summed E-state index contributed by atoms with van der Waals surface area (Å²) in [6, 6.07) is 52.0. The monoisotopic (exact) mass is 607 g/mol. The second-order valence-electron chi connectivity index (χ2n) is 12.8. The van der Waals surface area contributed by atoms with E-state index < -0.39 is 0 Å². The molecule has 0 spiro atoms. The fraction of sp³-hybridized carbons (Fsp3) is 0.0909. The molecule has 1 heterocycles. The van der Waals surface area contributed by atoms with Crippen molar-refractivity contribution in [2.75, 3.05) is 4.90 Å². The highest BCUT2D eigenvalue weighted by atomic mass is 32.1. The van der Waals surface area contributed by atoms with Crippen molar-refractivity contribution in [2.45, 2.75) is 26.7 Å². The lowest BCUT2D eigenvalue weighted by molar-refractivity contribution is 0.866. The SMILES string of the molecule is Cc1ccccc1N(c1ccc(C(C)C)cc1)c1cc2sc3cc4c5ccccc5c5ccccc5c4cc3c2c2ccccc12. The number of rotatable bonds is 4. The molecule has 1 nitrogen and oxygen atoms in total. The Labute approximate surface area is 272 Å². The van der Waals surface area contributed by atoms with E-state index in [4.69, 9.17) is 0 Å². The predicted octanol–water partition coefficient (Wildman–Crippen LogP) is 13.6. The van der Waals surface area contributed by atoms with Gasteiger partial charge in [0, 0.05) is 36.9 Å². The summed E-state index contributed by atoms with van der Waals surface area (Å²) in [5, 5.41) is 13.1. The van der Waals surface area contributed by atoms with Crippen LogP contribution < -0.4 is 4.90 Å². The third-order valence-corrected chi connectivity index (χ3v) is 10.8. The van der Waals surface area contributed by atoms with E-state index in [9.17, 15) is 0 Å². The third-order valence-electron chi connectivity index (χ3n) is 9.74. The molecule has 46 heavy (non-hydrogen) atoms. The van der Waals surface area contributed by atoms with Gasteiger partial charge in [-0.15, -0.1) is 11.3 Å². The quantitative estimate of drug-likeness (QED) is 0.180. The third kappa shape index (κ3) is 4.07. The molecule has 9 aromatic rings. The van der Waals surface area contributed by atoms with Crippen LogP contribution in [0, 0.1) is 6.92 Å². The van der Waals surface area contributed by atoms with E-state index in [2.05, 4.69) is 165 Å². The van der Waals surface area contributed by atoms with Gasteiger partial charge in [0.05, 0.1) is 5.69 Å². The summed E-state index contributed by atoms with van der Waals surface area (Å²) in [4.78, 5) is 2.46. The molecule has 1 aromatic heterocycles. The second-order valence-corrected chi connectivity index (χ2v) is 13.9. The van der Waals surface area contributed by atoms with E-state index in [1.54, 1.807) is 0 Å². The molecule has 0 saturated heterocycles. The van der Waals surface area contributed by atoms with E-state index >= 15 is 0 Å². The molecular weight excluding hydrogens is 575 g/mol. The van der Waals surface area contributed by atoms with E-state index in [0.717, 1.165) is 0 Å². The fourth-order valence-electron chi connectivity index (χ4n) is 7.43. The van der Waals surface area contributed by atoms with Crippen LogP contribution in [0.5, 0.6) is 0 Å². The van der Waals surface area contributed by atoms with Gasteiger partial charge in [0.15, 0.2) is 0 Å². The number of hydrogen-bond acceptors (Lipinski definition) is 2. The smallest absolute Gasteiger partial charge is 0.0554 e. The Hall–Kier alpha value is -5.18. The molecule has 0 N–H and O–H groups in total. The maximum atomic E-state index is 2.47. The zero-order valence-corrected chi connectivity index (χ0v) is 27.0. The molecule has 0 radical (unpaired) electrons. The predicted molar refractivity (Wildman–Crippen MR) is 203 cm³/mol. The molecule has 0 bridgehead atoms. The molecule has 0 amide bonds. The van der Waals surface area contributed by atoms with Crippen LogP contribution in [0.2, 0.25) is 0 Å². The van der Waals surface area contributed by atoms with Gasteiger partial charge in [-0.2, -0.15) is 0 Å². The minimum absolute atomic E-state index is 0.487. The van der Waals surface area contributed by atoms with Crippen molar-refractivity contribution in [1.82, 2.24) is 0 Å². The average Bonchev–Trinajstić information content (AvgIpc) is 3.46. The van der Waals surface area contributed by atoms with Gasteiger partial charge in [-0.3, -0.25) is 0 Å². The van der Waals surface area contributed by atoms with Crippen molar-refractivity contribution in [1.29, 1.82) is 0 Å². The van der Waals surface area contributed by atoms with Crippen LogP contribution in [0.1, 0.15) is 30.9 Å². The number of thiophene rings is 1. The van der Waals surface area contributed by atoms with Crippen LogP contribution >= 0.6 is 11.3 Å². The molecule has 9 rings (SSSR count). The van der Waals surface area contributed by atoms with Crippen molar-refractivity contribution >= 4 is 91.7 Å². The summed E-state index contributed by atoms with van der Waals surface area (Å²) in [6.45, 7) is 6.73. The van der Waals surface area contributed by atoms with Crippen molar-refractivity contribution in [2.24, 2.45) is 0 Å². The number of anilines is 3. The lowest BCUT2D eigenvalue weighted by Crippen LogP contribution is -2.12. The van der Waals surface area contributed by atoms with E-state index in [1.165, 1.54) is 91.5 Å². The molecule has 8 aromatic carbocycles. The van der Waals surface area contributed by atoms with Crippen LogP contribution in [0.4, 0.5) is 17.1 Å². The van der Waals surface area contributed by atoms with Gasteiger partial charge in [-0.25, -0.2) is 0 Å². The van der Waals surface area contributed by atoms with Gasteiger partial charge in [0.1, 0.15) is 0 Å². The number of benzene rings is 8. The average molecular weight is 608 g/mol. The van der Waals surface area contributed by atoms with Crippen molar-refractivity contribution in [3.05, 3.63) is 151 Å². The largest absolute Gasteiger partial charge is 0.310 e. The Kier molecular flexibility index (Phi) is 6.16. The minimum atomic E-state index is 0.487. The van der Waals surface area contributed by atoms with Crippen LogP contribution in [-0.2, 0) is 0 Å². The zero-order valence-electron chi connectivity index (χ0n) is 26.2.